The molecule has 0 N–H and O–H groups in total. The van der Waals surface area contributed by atoms with Crippen molar-refractivity contribution < 1.29 is 0 Å². The van der Waals surface area contributed by atoms with Crippen molar-refractivity contribution in [2.75, 3.05) is 9.80 Å². The maximum absolute atomic E-state index is 3.11. The summed E-state index contributed by atoms with van der Waals surface area (Å²) in [5.41, 5.74) is 13.8. The molecule has 0 unspecified atom stereocenters. The highest BCUT2D eigenvalue weighted by Crippen LogP contribution is 2.47. The summed E-state index contributed by atoms with van der Waals surface area (Å²) < 4.78 is 0. The van der Waals surface area contributed by atoms with Crippen LogP contribution in [-0.4, -0.2) is 22.9 Å². The zero-order valence-corrected chi connectivity index (χ0v) is 43.3. The van der Waals surface area contributed by atoms with Crippen molar-refractivity contribution in [3.05, 3.63) is 297 Å². The smallest absolute Gasteiger partial charge is 0.252 e. The molecule has 0 saturated heterocycles. The van der Waals surface area contributed by atoms with Crippen molar-refractivity contribution in [3.8, 4) is 11.1 Å². The van der Waals surface area contributed by atoms with Crippen LogP contribution in [0.25, 0.3) is 21.9 Å². The summed E-state index contributed by atoms with van der Waals surface area (Å²) in [5.74, 6) is 0. The van der Waals surface area contributed by atoms with Crippen molar-refractivity contribution in [1.29, 1.82) is 0 Å². The molecule has 0 saturated carbocycles. The SMILES string of the molecule is c1ccc(N2c3cc4c(cc3B3c5ccc6ccccc6c5N(c5ccccc5)c5cc([Si](c6ccccc6)(c6ccccc6)c6ccccc6)cc2c53)[Si](c2ccccc2)(c2ccccc2)c2ccccc2-4)cc1. The maximum Gasteiger partial charge on any atom is 0.252 e. The number of nitrogens with zero attached hydrogens (tertiary/aromatic N) is 2. The molecule has 15 rings (SSSR count). The maximum atomic E-state index is 2.70. The zero-order chi connectivity index (χ0) is 49.5. The highest BCUT2D eigenvalue weighted by molar-refractivity contribution is 7.22. The van der Waals surface area contributed by atoms with Gasteiger partial charge in [0, 0.05) is 39.5 Å². The molecule has 0 aromatic heterocycles. The normalized spacial score (nSPS) is 13.6. The summed E-state index contributed by atoms with van der Waals surface area (Å²) in [6, 6.07) is 113. The number of rotatable bonds is 8. The second-order valence-corrected chi connectivity index (χ2v) is 27.8. The third kappa shape index (κ3) is 6.32. The van der Waals surface area contributed by atoms with Gasteiger partial charge in [-0.2, -0.15) is 0 Å². The van der Waals surface area contributed by atoms with Crippen LogP contribution in [0.3, 0.4) is 0 Å². The lowest BCUT2D eigenvalue weighted by Gasteiger charge is -2.46. The fourth-order valence-corrected chi connectivity index (χ4v) is 23.7. The second-order valence-electron chi connectivity index (χ2n) is 20.3. The van der Waals surface area contributed by atoms with Crippen molar-refractivity contribution in [2.24, 2.45) is 0 Å². The standard InChI is InChI=1S/C70H49BN2Si2/c1-8-27-51(28-9-1)72-64-48-61-60-42-24-25-43-67(60)75(56-37-18-6-19-38-56,57-39-20-7-21-40-57)68(61)49-63(64)71-62-45-44-50-26-22-23-41-59(50)70(62)73(52-29-10-2-11-30-52)66-47-58(46-65(72)69(66)71)74(53-31-12-3-13-32-53,54-33-14-4-15-34-54)55-35-16-5-17-36-55/h1-49H. The van der Waals surface area contributed by atoms with Gasteiger partial charge in [0.1, 0.15) is 0 Å². The second kappa shape index (κ2) is 17.3. The number of hydrogen-bond acceptors (Lipinski definition) is 2. The van der Waals surface area contributed by atoms with E-state index in [4.69, 9.17) is 0 Å². The molecule has 0 spiro atoms. The summed E-state index contributed by atoms with van der Waals surface area (Å²) in [7, 11) is -6.00. The van der Waals surface area contributed by atoms with Crippen LogP contribution in [-0.2, 0) is 0 Å². The van der Waals surface area contributed by atoms with Crippen molar-refractivity contribution >= 4 is 126 Å². The third-order valence-electron chi connectivity index (χ3n) is 16.6. The largest absolute Gasteiger partial charge is 0.311 e. The van der Waals surface area contributed by atoms with Gasteiger partial charge in [-0.25, -0.2) is 0 Å². The Hall–Kier alpha value is -9.00. The first kappa shape index (κ1) is 43.6. The molecule has 5 heteroatoms. The molecule has 0 fully saturated rings. The van der Waals surface area contributed by atoms with Crippen molar-refractivity contribution in [3.63, 3.8) is 0 Å². The summed E-state index contributed by atoms with van der Waals surface area (Å²) in [6.07, 6.45) is 0. The minimum Gasteiger partial charge on any atom is -0.311 e. The molecular weight excluding hydrogens is 936 g/mol. The van der Waals surface area contributed by atoms with E-state index in [0.717, 1.165) is 11.4 Å². The molecule has 0 amide bonds. The lowest BCUT2D eigenvalue weighted by atomic mass is 9.33. The average molecular weight is 985 g/mol. The van der Waals surface area contributed by atoms with Crippen LogP contribution < -0.4 is 67.7 Å². The van der Waals surface area contributed by atoms with Gasteiger partial charge in [0.25, 0.3) is 6.71 Å². The van der Waals surface area contributed by atoms with E-state index in [0.29, 0.717) is 0 Å². The van der Waals surface area contributed by atoms with Gasteiger partial charge in [-0.3, -0.25) is 0 Å². The van der Waals surface area contributed by atoms with Crippen LogP contribution in [0.4, 0.5) is 34.1 Å². The van der Waals surface area contributed by atoms with E-state index in [2.05, 4.69) is 307 Å². The van der Waals surface area contributed by atoms with E-state index in [9.17, 15) is 0 Å². The zero-order valence-electron chi connectivity index (χ0n) is 41.3. The fourth-order valence-electron chi connectivity index (χ4n) is 13.7. The topological polar surface area (TPSA) is 6.48 Å². The minimum absolute atomic E-state index is 0.105. The molecule has 3 heterocycles. The average Bonchev–Trinajstić information content (AvgIpc) is 3.96. The third-order valence-corrected chi connectivity index (χ3v) is 26.2. The molecule has 75 heavy (non-hydrogen) atoms. The van der Waals surface area contributed by atoms with Crippen LogP contribution in [0.1, 0.15) is 0 Å². The van der Waals surface area contributed by atoms with Crippen LogP contribution >= 0.6 is 0 Å². The van der Waals surface area contributed by atoms with Crippen LogP contribution in [0.2, 0.25) is 0 Å². The fraction of sp³-hybridized carbons (Fsp3) is 0. The molecule has 12 aromatic carbocycles. The Labute approximate surface area is 441 Å². The number of benzene rings is 12. The number of para-hydroxylation sites is 2. The molecule has 0 aliphatic carbocycles. The summed E-state index contributed by atoms with van der Waals surface area (Å²) in [6.45, 7) is -0.105. The first-order chi connectivity index (χ1) is 37.2. The Bertz CT molecular complexity index is 3990. The minimum atomic E-state index is -3.11. The molecule has 3 aliphatic rings. The van der Waals surface area contributed by atoms with E-state index in [1.807, 2.05) is 0 Å². The van der Waals surface area contributed by atoms with E-state index in [1.54, 1.807) is 0 Å². The Morgan fingerprint density at radius 2 is 0.787 bits per heavy atom. The quantitative estimate of drug-likeness (QED) is 0.111. The number of hydrogen-bond donors (Lipinski definition) is 0. The predicted molar refractivity (Wildman–Crippen MR) is 324 cm³/mol. The van der Waals surface area contributed by atoms with Gasteiger partial charge in [-0.1, -0.05) is 255 Å². The van der Waals surface area contributed by atoms with Gasteiger partial charge in [-0.15, -0.1) is 0 Å². The summed E-state index contributed by atoms with van der Waals surface area (Å²) >= 11 is 0. The lowest BCUT2D eigenvalue weighted by molar-refractivity contribution is 1.26. The Kier molecular flexibility index (Phi) is 10.1. The predicted octanol–water partition coefficient (Wildman–Crippen LogP) is 9.66. The molecule has 3 aliphatic heterocycles. The van der Waals surface area contributed by atoms with Crippen molar-refractivity contribution in [1.82, 2.24) is 0 Å². The monoisotopic (exact) mass is 984 g/mol. The van der Waals surface area contributed by atoms with E-state index < -0.39 is 16.1 Å². The summed E-state index contributed by atoms with van der Waals surface area (Å²) in [5, 5.41) is 13.5. The number of anilines is 6. The lowest BCUT2D eigenvalue weighted by Crippen LogP contribution is -2.75. The highest BCUT2D eigenvalue weighted by atomic mass is 28.3. The number of fused-ring (bicyclic) bond motifs is 9. The molecule has 2 nitrogen and oxygen atoms in total. The molecule has 0 atom stereocenters. The Morgan fingerprint density at radius 3 is 1.36 bits per heavy atom. The van der Waals surface area contributed by atoms with Gasteiger partial charge in [0.2, 0.25) is 0 Å². The Morgan fingerprint density at radius 1 is 0.320 bits per heavy atom. The molecule has 350 valence electrons. The van der Waals surface area contributed by atoms with Gasteiger partial charge < -0.3 is 9.80 Å². The van der Waals surface area contributed by atoms with E-state index in [-0.39, 0.29) is 6.71 Å². The van der Waals surface area contributed by atoms with Crippen LogP contribution in [0.15, 0.2) is 297 Å². The van der Waals surface area contributed by atoms with E-state index >= 15 is 0 Å². The molecule has 0 radical (unpaired) electrons. The van der Waals surface area contributed by atoms with Crippen LogP contribution in [0, 0.1) is 0 Å². The molecular formula is C70H49BN2Si2. The Balaban J connectivity index is 1.14. The van der Waals surface area contributed by atoms with Gasteiger partial charge in [0.15, 0.2) is 16.1 Å². The first-order valence-electron chi connectivity index (χ1n) is 26.2. The molecule has 12 aromatic rings. The molecule has 0 bridgehead atoms. The van der Waals surface area contributed by atoms with Gasteiger partial charge in [-0.05, 0) is 117 Å². The van der Waals surface area contributed by atoms with E-state index in [1.165, 1.54) is 103 Å². The van der Waals surface area contributed by atoms with Gasteiger partial charge >= 0.3 is 0 Å². The van der Waals surface area contributed by atoms with Crippen molar-refractivity contribution in [2.45, 2.75) is 0 Å². The highest BCUT2D eigenvalue weighted by Gasteiger charge is 2.52. The van der Waals surface area contributed by atoms with Crippen LogP contribution in [0.5, 0.6) is 0 Å². The van der Waals surface area contributed by atoms with Gasteiger partial charge in [0.05, 0.1) is 0 Å². The summed E-state index contributed by atoms with van der Waals surface area (Å²) in [4.78, 5) is 5.26. The first-order valence-corrected chi connectivity index (χ1v) is 30.2.